The Morgan fingerprint density at radius 1 is 1.29 bits per heavy atom. The van der Waals surface area contributed by atoms with E-state index in [1.807, 2.05) is 7.05 Å². The summed E-state index contributed by atoms with van der Waals surface area (Å²) < 4.78 is 43.6. The Kier molecular flexibility index (Phi) is 3.79. The Labute approximate surface area is 121 Å². The van der Waals surface area contributed by atoms with Gasteiger partial charge in [0.15, 0.2) is 0 Å². The summed E-state index contributed by atoms with van der Waals surface area (Å²) in [7, 11) is 2.04. The standard InChI is InChI=1S/C14H18F3N3O/c1-19-5-4-12-11(9-19)20(6-7-21-12)13-3-2-10(8-18-13)14(15,16)17/h2-3,8,11-12H,4-7,9H2,1H3/t11-,12-/m1/s1. The Balaban J connectivity index is 1.81. The molecule has 0 spiro atoms. The molecule has 2 aliphatic rings. The van der Waals surface area contributed by atoms with Gasteiger partial charge in [0.1, 0.15) is 5.82 Å². The minimum Gasteiger partial charge on any atom is -0.374 e. The van der Waals surface area contributed by atoms with Gasteiger partial charge in [0, 0.05) is 25.8 Å². The molecular weight excluding hydrogens is 283 g/mol. The van der Waals surface area contributed by atoms with Crippen molar-refractivity contribution in [2.24, 2.45) is 0 Å². The van der Waals surface area contributed by atoms with Crippen molar-refractivity contribution < 1.29 is 17.9 Å². The van der Waals surface area contributed by atoms with Gasteiger partial charge in [-0.15, -0.1) is 0 Å². The van der Waals surface area contributed by atoms with Crippen LogP contribution in [0.3, 0.4) is 0 Å². The molecule has 3 heterocycles. The zero-order valence-corrected chi connectivity index (χ0v) is 11.8. The number of likely N-dealkylation sites (N-methyl/N-ethyl adjacent to an activating group) is 1. The molecule has 3 rings (SSSR count). The highest BCUT2D eigenvalue weighted by Crippen LogP contribution is 2.31. The van der Waals surface area contributed by atoms with Gasteiger partial charge in [-0.3, -0.25) is 0 Å². The first-order valence-corrected chi connectivity index (χ1v) is 7.05. The second kappa shape index (κ2) is 5.46. The number of fused-ring (bicyclic) bond motifs is 1. The second-order valence-corrected chi connectivity index (χ2v) is 5.62. The summed E-state index contributed by atoms with van der Waals surface area (Å²) >= 11 is 0. The quantitative estimate of drug-likeness (QED) is 0.793. The van der Waals surface area contributed by atoms with Crippen molar-refractivity contribution in [2.45, 2.75) is 24.7 Å². The number of alkyl halides is 3. The number of pyridine rings is 1. The highest BCUT2D eigenvalue weighted by atomic mass is 19.4. The fraction of sp³-hybridized carbons (Fsp3) is 0.643. The SMILES string of the molecule is CN1CC[C@H]2OCCN(c3ccc(C(F)(F)F)cn3)[C@@H]2C1. The summed E-state index contributed by atoms with van der Waals surface area (Å²) in [6.45, 7) is 3.07. The molecule has 116 valence electrons. The van der Waals surface area contributed by atoms with Crippen molar-refractivity contribution in [3.8, 4) is 0 Å². The summed E-state index contributed by atoms with van der Waals surface area (Å²) in [6.07, 6.45) is -2.35. The molecule has 0 aromatic carbocycles. The number of hydrogen-bond acceptors (Lipinski definition) is 4. The van der Waals surface area contributed by atoms with Crippen LogP contribution in [0.1, 0.15) is 12.0 Å². The summed E-state index contributed by atoms with van der Waals surface area (Å²) in [4.78, 5) is 8.31. The summed E-state index contributed by atoms with van der Waals surface area (Å²) in [5, 5.41) is 0. The molecule has 7 heteroatoms. The number of piperidine rings is 1. The van der Waals surface area contributed by atoms with Gasteiger partial charge in [-0.25, -0.2) is 4.98 Å². The molecule has 0 N–H and O–H groups in total. The fourth-order valence-electron chi connectivity index (χ4n) is 3.04. The van der Waals surface area contributed by atoms with Crippen LogP contribution in [0.2, 0.25) is 0 Å². The minimum atomic E-state index is -4.34. The smallest absolute Gasteiger partial charge is 0.374 e. The Morgan fingerprint density at radius 2 is 2.10 bits per heavy atom. The predicted molar refractivity (Wildman–Crippen MR) is 72.2 cm³/mol. The maximum absolute atomic E-state index is 12.6. The van der Waals surface area contributed by atoms with Crippen LogP contribution in [0.4, 0.5) is 19.0 Å². The monoisotopic (exact) mass is 301 g/mol. The third kappa shape index (κ3) is 2.98. The van der Waals surface area contributed by atoms with Gasteiger partial charge < -0.3 is 14.5 Å². The van der Waals surface area contributed by atoms with Crippen LogP contribution in [0.25, 0.3) is 0 Å². The fourth-order valence-corrected chi connectivity index (χ4v) is 3.04. The van der Waals surface area contributed by atoms with E-state index in [0.29, 0.717) is 19.0 Å². The number of anilines is 1. The molecule has 2 aliphatic heterocycles. The normalized spacial score (nSPS) is 27.5. The molecule has 2 saturated heterocycles. The molecule has 2 atom stereocenters. The lowest BCUT2D eigenvalue weighted by molar-refractivity contribution is -0.137. The molecule has 4 nitrogen and oxygen atoms in total. The van der Waals surface area contributed by atoms with Crippen molar-refractivity contribution in [1.82, 2.24) is 9.88 Å². The number of nitrogens with zero attached hydrogens (tertiary/aromatic N) is 3. The van der Waals surface area contributed by atoms with E-state index in [2.05, 4.69) is 14.8 Å². The minimum absolute atomic E-state index is 0.138. The number of ether oxygens (including phenoxy) is 1. The van der Waals surface area contributed by atoms with Crippen LogP contribution < -0.4 is 4.90 Å². The highest BCUT2D eigenvalue weighted by molar-refractivity contribution is 5.42. The lowest BCUT2D eigenvalue weighted by Crippen LogP contribution is -2.59. The van der Waals surface area contributed by atoms with Crippen molar-refractivity contribution in [3.63, 3.8) is 0 Å². The van der Waals surface area contributed by atoms with E-state index in [-0.39, 0.29) is 12.1 Å². The van der Waals surface area contributed by atoms with E-state index in [1.54, 1.807) is 0 Å². The molecular formula is C14H18F3N3O. The maximum atomic E-state index is 12.6. The first-order chi connectivity index (χ1) is 9.95. The van der Waals surface area contributed by atoms with Gasteiger partial charge in [0.25, 0.3) is 0 Å². The highest BCUT2D eigenvalue weighted by Gasteiger charge is 2.37. The average Bonchev–Trinajstić information content (AvgIpc) is 2.46. The zero-order valence-electron chi connectivity index (χ0n) is 11.8. The third-order valence-corrected chi connectivity index (χ3v) is 4.16. The molecule has 1 aromatic rings. The van der Waals surface area contributed by atoms with Crippen molar-refractivity contribution >= 4 is 5.82 Å². The van der Waals surface area contributed by atoms with Crippen LogP contribution in [0.5, 0.6) is 0 Å². The number of hydrogen-bond donors (Lipinski definition) is 0. The van der Waals surface area contributed by atoms with Crippen LogP contribution in [-0.2, 0) is 10.9 Å². The van der Waals surface area contributed by atoms with E-state index in [4.69, 9.17) is 4.74 Å². The number of aromatic nitrogens is 1. The maximum Gasteiger partial charge on any atom is 0.417 e. The Bertz CT molecular complexity index is 491. The van der Waals surface area contributed by atoms with Gasteiger partial charge in [0.05, 0.1) is 24.3 Å². The molecule has 0 unspecified atom stereocenters. The predicted octanol–water partition coefficient (Wildman–Crippen LogP) is 2.01. The van der Waals surface area contributed by atoms with Crippen LogP contribution in [0, 0.1) is 0 Å². The second-order valence-electron chi connectivity index (χ2n) is 5.62. The average molecular weight is 301 g/mol. The molecule has 21 heavy (non-hydrogen) atoms. The van der Waals surface area contributed by atoms with Crippen LogP contribution >= 0.6 is 0 Å². The molecule has 0 saturated carbocycles. The molecule has 0 radical (unpaired) electrons. The molecule has 0 aliphatic carbocycles. The molecule has 0 amide bonds. The van der Waals surface area contributed by atoms with Gasteiger partial charge in [-0.2, -0.15) is 13.2 Å². The topological polar surface area (TPSA) is 28.6 Å². The van der Waals surface area contributed by atoms with Crippen LogP contribution in [-0.4, -0.2) is 55.3 Å². The summed E-state index contributed by atoms with van der Waals surface area (Å²) in [5.74, 6) is 0.594. The van der Waals surface area contributed by atoms with E-state index in [9.17, 15) is 13.2 Å². The molecule has 1 aromatic heterocycles. The summed E-state index contributed by atoms with van der Waals surface area (Å²) in [5.41, 5.74) is -0.711. The van der Waals surface area contributed by atoms with E-state index >= 15 is 0 Å². The third-order valence-electron chi connectivity index (χ3n) is 4.16. The Hall–Kier alpha value is -1.34. The number of halogens is 3. The Morgan fingerprint density at radius 3 is 2.76 bits per heavy atom. The van der Waals surface area contributed by atoms with Crippen molar-refractivity contribution in [2.75, 3.05) is 38.2 Å². The van der Waals surface area contributed by atoms with Gasteiger partial charge >= 0.3 is 6.18 Å². The number of morpholine rings is 1. The van der Waals surface area contributed by atoms with Crippen molar-refractivity contribution in [1.29, 1.82) is 0 Å². The largest absolute Gasteiger partial charge is 0.417 e. The zero-order chi connectivity index (χ0) is 15.0. The van der Waals surface area contributed by atoms with Gasteiger partial charge in [-0.05, 0) is 25.6 Å². The first kappa shape index (κ1) is 14.6. The summed E-state index contributed by atoms with van der Waals surface area (Å²) in [6, 6.07) is 2.71. The van der Waals surface area contributed by atoms with Gasteiger partial charge in [-0.1, -0.05) is 0 Å². The lowest BCUT2D eigenvalue weighted by atomic mass is 9.99. The van der Waals surface area contributed by atoms with E-state index in [1.165, 1.54) is 6.07 Å². The molecule has 2 fully saturated rings. The van der Waals surface area contributed by atoms with Gasteiger partial charge in [0.2, 0.25) is 0 Å². The number of rotatable bonds is 1. The van der Waals surface area contributed by atoms with E-state index in [0.717, 1.165) is 31.8 Å². The first-order valence-electron chi connectivity index (χ1n) is 7.05. The lowest BCUT2D eigenvalue weighted by Gasteiger charge is -2.46. The van der Waals surface area contributed by atoms with E-state index < -0.39 is 11.7 Å². The number of likely N-dealkylation sites (tertiary alicyclic amines) is 1. The molecule has 0 bridgehead atoms. The van der Waals surface area contributed by atoms with Crippen LogP contribution in [0.15, 0.2) is 18.3 Å². The van der Waals surface area contributed by atoms with Crippen molar-refractivity contribution in [3.05, 3.63) is 23.9 Å².